The quantitative estimate of drug-likeness (QED) is 0.381. The summed E-state index contributed by atoms with van der Waals surface area (Å²) in [4.78, 5) is 24.2. The Morgan fingerprint density at radius 2 is 1.83 bits per heavy atom. The molecule has 0 N–H and O–H groups in total. The smallest absolute Gasteiger partial charge is 0.347 e. The van der Waals surface area contributed by atoms with Crippen molar-refractivity contribution in [2.75, 3.05) is 0 Å². The monoisotopic (exact) mass is 344 g/mol. The SMILES string of the molecule is O=C(C=Cc1ccc(Cl)cc1Cl)c1cc2ccccc2oc1=O. The summed E-state index contributed by atoms with van der Waals surface area (Å²) in [5.41, 5.74) is 0.388. The van der Waals surface area contributed by atoms with Gasteiger partial charge in [0.1, 0.15) is 11.1 Å². The molecule has 2 aromatic carbocycles. The van der Waals surface area contributed by atoms with Gasteiger partial charge in [-0.3, -0.25) is 4.79 Å². The van der Waals surface area contributed by atoms with Crippen LogP contribution in [-0.2, 0) is 0 Å². The normalized spacial score (nSPS) is 11.2. The molecule has 3 aromatic rings. The van der Waals surface area contributed by atoms with E-state index in [0.717, 1.165) is 0 Å². The molecule has 3 nitrogen and oxygen atoms in total. The first-order valence-corrected chi connectivity index (χ1v) is 7.50. The third-order valence-electron chi connectivity index (χ3n) is 3.28. The van der Waals surface area contributed by atoms with Gasteiger partial charge in [0, 0.05) is 15.4 Å². The van der Waals surface area contributed by atoms with Gasteiger partial charge in [-0.25, -0.2) is 4.79 Å². The molecule has 114 valence electrons. The molecule has 0 bridgehead atoms. The van der Waals surface area contributed by atoms with Crippen LogP contribution in [0.4, 0.5) is 0 Å². The summed E-state index contributed by atoms with van der Waals surface area (Å²) in [6.45, 7) is 0. The first-order chi connectivity index (χ1) is 11.0. The van der Waals surface area contributed by atoms with E-state index in [2.05, 4.69) is 0 Å². The zero-order valence-corrected chi connectivity index (χ0v) is 13.3. The van der Waals surface area contributed by atoms with Crippen molar-refractivity contribution in [1.29, 1.82) is 0 Å². The first-order valence-electron chi connectivity index (χ1n) is 6.75. The molecule has 0 aliphatic carbocycles. The van der Waals surface area contributed by atoms with Gasteiger partial charge < -0.3 is 4.42 Å². The van der Waals surface area contributed by atoms with Crippen molar-refractivity contribution in [1.82, 2.24) is 0 Å². The highest BCUT2D eigenvalue weighted by atomic mass is 35.5. The molecule has 0 atom stereocenters. The van der Waals surface area contributed by atoms with Gasteiger partial charge in [-0.05, 0) is 42.0 Å². The summed E-state index contributed by atoms with van der Waals surface area (Å²) >= 11 is 11.9. The molecule has 0 spiro atoms. The molecule has 0 aliphatic heterocycles. The van der Waals surface area contributed by atoms with Gasteiger partial charge in [0.25, 0.3) is 0 Å². The van der Waals surface area contributed by atoms with Gasteiger partial charge in [-0.15, -0.1) is 0 Å². The number of para-hydroxylation sites is 1. The van der Waals surface area contributed by atoms with Crippen LogP contribution in [0.25, 0.3) is 17.0 Å². The van der Waals surface area contributed by atoms with Gasteiger partial charge in [-0.2, -0.15) is 0 Å². The average Bonchev–Trinajstić information content (AvgIpc) is 2.53. The topological polar surface area (TPSA) is 47.3 Å². The number of ketones is 1. The molecule has 3 rings (SSSR count). The average molecular weight is 345 g/mol. The Balaban J connectivity index is 1.95. The highest BCUT2D eigenvalue weighted by Gasteiger charge is 2.11. The number of halogens is 2. The van der Waals surface area contributed by atoms with Gasteiger partial charge in [0.2, 0.25) is 0 Å². The first kappa shape index (κ1) is 15.5. The minimum atomic E-state index is -0.666. The lowest BCUT2D eigenvalue weighted by molar-refractivity contribution is 0.104. The Labute approximate surface area is 141 Å². The number of hydrogen-bond donors (Lipinski definition) is 0. The number of allylic oxidation sites excluding steroid dienone is 1. The van der Waals surface area contributed by atoms with Gasteiger partial charge in [-0.1, -0.05) is 47.5 Å². The Hall–Kier alpha value is -2.36. The van der Waals surface area contributed by atoms with Crippen LogP contribution < -0.4 is 5.63 Å². The molecular weight excluding hydrogens is 335 g/mol. The van der Waals surface area contributed by atoms with E-state index in [-0.39, 0.29) is 5.56 Å². The molecule has 0 radical (unpaired) electrons. The second-order valence-corrected chi connectivity index (χ2v) is 5.69. The lowest BCUT2D eigenvalue weighted by atomic mass is 10.1. The maximum absolute atomic E-state index is 12.2. The number of benzene rings is 2. The van der Waals surface area contributed by atoms with Crippen LogP contribution in [0.15, 0.2) is 63.8 Å². The van der Waals surface area contributed by atoms with E-state index in [4.69, 9.17) is 27.6 Å². The van der Waals surface area contributed by atoms with Crippen LogP contribution in [0, 0.1) is 0 Å². The molecule has 1 heterocycles. The van der Waals surface area contributed by atoms with E-state index >= 15 is 0 Å². The number of rotatable bonds is 3. The van der Waals surface area contributed by atoms with Crippen molar-refractivity contribution in [2.24, 2.45) is 0 Å². The fourth-order valence-corrected chi connectivity index (χ4v) is 2.60. The van der Waals surface area contributed by atoms with Gasteiger partial charge >= 0.3 is 5.63 Å². The molecule has 0 fully saturated rings. The van der Waals surface area contributed by atoms with Gasteiger partial charge in [0.15, 0.2) is 5.78 Å². The van der Waals surface area contributed by atoms with Crippen molar-refractivity contribution in [2.45, 2.75) is 0 Å². The van der Waals surface area contributed by atoms with Crippen molar-refractivity contribution in [3.05, 3.63) is 86.2 Å². The molecule has 0 unspecified atom stereocenters. The van der Waals surface area contributed by atoms with Crippen LogP contribution in [-0.4, -0.2) is 5.78 Å². The molecular formula is C18H10Cl2O3. The van der Waals surface area contributed by atoms with Crippen LogP contribution >= 0.6 is 23.2 Å². The lowest BCUT2D eigenvalue weighted by Crippen LogP contribution is -2.11. The maximum Gasteiger partial charge on any atom is 0.347 e. The van der Waals surface area contributed by atoms with Crippen molar-refractivity contribution in [3.8, 4) is 0 Å². The molecule has 23 heavy (non-hydrogen) atoms. The number of hydrogen-bond acceptors (Lipinski definition) is 3. The zero-order chi connectivity index (χ0) is 16.4. The van der Waals surface area contributed by atoms with E-state index in [9.17, 15) is 9.59 Å². The summed E-state index contributed by atoms with van der Waals surface area (Å²) in [5, 5.41) is 1.62. The van der Waals surface area contributed by atoms with Crippen LogP contribution in [0.3, 0.4) is 0 Å². The zero-order valence-electron chi connectivity index (χ0n) is 11.8. The summed E-state index contributed by atoms with van der Waals surface area (Å²) < 4.78 is 5.15. The second-order valence-electron chi connectivity index (χ2n) is 4.85. The predicted octanol–water partition coefficient (Wildman–Crippen LogP) is 5.00. The molecule has 5 heteroatoms. The summed E-state index contributed by atoms with van der Waals surface area (Å²) in [5.74, 6) is -0.449. The van der Waals surface area contributed by atoms with Crippen molar-refractivity contribution < 1.29 is 9.21 Å². The maximum atomic E-state index is 12.2. The van der Waals surface area contributed by atoms with E-state index < -0.39 is 11.4 Å². The number of fused-ring (bicyclic) bond motifs is 1. The Bertz CT molecular complexity index is 987. The molecule has 0 saturated heterocycles. The van der Waals surface area contributed by atoms with Crippen LogP contribution in [0.2, 0.25) is 10.0 Å². The minimum absolute atomic E-state index is 0.0231. The Morgan fingerprint density at radius 3 is 2.61 bits per heavy atom. The summed E-state index contributed by atoms with van der Waals surface area (Å²) in [6.07, 6.45) is 2.83. The van der Waals surface area contributed by atoms with Crippen molar-refractivity contribution >= 4 is 46.0 Å². The Kier molecular flexibility index (Phi) is 4.33. The molecule has 0 aliphatic rings. The molecule has 0 amide bonds. The fraction of sp³-hybridized carbons (Fsp3) is 0. The molecule has 1 aromatic heterocycles. The standard InChI is InChI=1S/C18H10Cl2O3/c19-13-7-5-11(15(20)10-13)6-8-16(21)14-9-12-3-1-2-4-17(12)23-18(14)22/h1-10H. The van der Waals surface area contributed by atoms with E-state index in [1.54, 1.807) is 42.5 Å². The number of carbonyl (C=O) groups is 1. The fourth-order valence-electron chi connectivity index (χ4n) is 2.13. The van der Waals surface area contributed by atoms with Gasteiger partial charge in [0.05, 0.1) is 0 Å². The van der Waals surface area contributed by atoms with Crippen LogP contribution in [0.5, 0.6) is 0 Å². The Morgan fingerprint density at radius 1 is 1.04 bits per heavy atom. The largest absolute Gasteiger partial charge is 0.422 e. The summed E-state index contributed by atoms with van der Waals surface area (Å²) in [7, 11) is 0. The lowest BCUT2D eigenvalue weighted by Gasteiger charge is -2.00. The predicted molar refractivity (Wildman–Crippen MR) is 92.3 cm³/mol. The highest BCUT2D eigenvalue weighted by molar-refractivity contribution is 6.35. The van der Waals surface area contributed by atoms with Crippen molar-refractivity contribution in [3.63, 3.8) is 0 Å². The highest BCUT2D eigenvalue weighted by Crippen LogP contribution is 2.22. The summed E-state index contributed by atoms with van der Waals surface area (Å²) in [6, 6.07) is 13.5. The van der Waals surface area contributed by atoms with E-state index in [0.29, 0.717) is 26.6 Å². The third-order valence-corrected chi connectivity index (χ3v) is 3.85. The third kappa shape index (κ3) is 3.36. The number of carbonyl (C=O) groups excluding carboxylic acids is 1. The van der Waals surface area contributed by atoms with E-state index in [1.165, 1.54) is 18.2 Å². The minimum Gasteiger partial charge on any atom is -0.422 e. The van der Waals surface area contributed by atoms with E-state index in [1.807, 2.05) is 0 Å². The molecule has 0 saturated carbocycles. The van der Waals surface area contributed by atoms with Crippen LogP contribution in [0.1, 0.15) is 15.9 Å². The second kappa shape index (κ2) is 6.41.